The van der Waals surface area contributed by atoms with E-state index in [-0.39, 0.29) is 46.9 Å². The highest BCUT2D eigenvalue weighted by Crippen LogP contribution is 2.58. The Hall–Kier alpha value is -3.72. The molecular formula is C25H22F3N3O3. The van der Waals surface area contributed by atoms with Crippen LogP contribution in [0.2, 0.25) is 0 Å². The SMILES string of the molecule is C=CN(C)C(=O)CCCOc1cc(-c2cncnc2)c2c(c1)C(O)(C(F)(F)F)c1ccccc1-2. The summed E-state index contributed by atoms with van der Waals surface area (Å²) in [6.45, 7) is 3.62. The Morgan fingerprint density at radius 3 is 2.56 bits per heavy atom. The maximum atomic E-state index is 14.3. The van der Waals surface area contributed by atoms with E-state index in [1.54, 1.807) is 25.2 Å². The molecule has 1 unspecified atom stereocenters. The van der Waals surface area contributed by atoms with Gasteiger partial charge in [-0.3, -0.25) is 4.79 Å². The summed E-state index contributed by atoms with van der Waals surface area (Å²) in [4.78, 5) is 21.3. The fourth-order valence-corrected chi connectivity index (χ4v) is 4.10. The Labute approximate surface area is 194 Å². The third kappa shape index (κ3) is 3.92. The van der Waals surface area contributed by atoms with E-state index in [0.717, 1.165) is 0 Å². The zero-order valence-electron chi connectivity index (χ0n) is 18.3. The molecule has 1 aromatic heterocycles. The number of nitrogens with zero attached hydrogens (tertiary/aromatic N) is 3. The summed E-state index contributed by atoms with van der Waals surface area (Å²) in [6.07, 6.45) is 1.26. The van der Waals surface area contributed by atoms with Crippen LogP contribution >= 0.6 is 0 Å². The highest BCUT2D eigenvalue weighted by atomic mass is 19.4. The van der Waals surface area contributed by atoms with Gasteiger partial charge in [0.15, 0.2) is 0 Å². The average molecular weight is 469 g/mol. The number of alkyl halides is 3. The van der Waals surface area contributed by atoms with Crippen molar-refractivity contribution in [2.24, 2.45) is 0 Å². The van der Waals surface area contributed by atoms with Crippen LogP contribution in [0.25, 0.3) is 22.3 Å². The Bertz CT molecular complexity index is 1230. The Morgan fingerprint density at radius 1 is 1.18 bits per heavy atom. The lowest BCUT2D eigenvalue weighted by Gasteiger charge is -2.28. The number of carbonyl (C=O) groups is 1. The summed E-state index contributed by atoms with van der Waals surface area (Å²) in [7, 11) is 1.58. The molecule has 4 rings (SSSR count). The number of hydrogen-bond donors (Lipinski definition) is 1. The lowest BCUT2D eigenvalue weighted by atomic mass is 9.89. The maximum absolute atomic E-state index is 14.3. The largest absolute Gasteiger partial charge is 0.494 e. The molecule has 0 aliphatic heterocycles. The van der Waals surface area contributed by atoms with Crippen molar-refractivity contribution in [3.8, 4) is 28.0 Å². The van der Waals surface area contributed by atoms with Gasteiger partial charge in [0, 0.05) is 42.6 Å². The van der Waals surface area contributed by atoms with Crippen molar-refractivity contribution in [1.29, 1.82) is 0 Å². The van der Waals surface area contributed by atoms with Crippen molar-refractivity contribution in [2.75, 3.05) is 13.7 Å². The van der Waals surface area contributed by atoms with Crippen LogP contribution in [0.3, 0.4) is 0 Å². The van der Waals surface area contributed by atoms with Crippen LogP contribution in [0.15, 0.2) is 67.9 Å². The van der Waals surface area contributed by atoms with Gasteiger partial charge in [-0.25, -0.2) is 9.97 Å². The fourth-order valence-electron chi connectivity index (χ4n) is 4.10. The summed E-state index contributed by atoms with van der Waals surface area (Å²) in [5.41, 5.74) is -2.35. The van der Waals surface area contributed by atoms with Gasteiger partial charge < -0.3 is 14.7 Å². The van der Waals surface area contributed by atoms with Gasteiger partial charge in [0.25, 0.3) is 0 Å². The minimum absolute atomic E-state index is 0.0949. The van der Waals surface area contributed by atoms with Gasteiger partial charge in [-0.2, -0.15) is 13.2 Å². The summed E-state index contributed by atoms with van der Waals surface area (Å²) in [6, 6.07) is 8.73. The van der Waals surface area contributed by atoms with Crippen LogP contribution in [0.5, 0.6) is 5.75 Å². The molecule has 1 amide bonds. The molecule has 0 saturated heterocycles. The highest BCUT2D eigenvalue weighted by Gasteiger charge is 2.61. The summed E-state index contributed by atoms with van der Waals surface area (Å²) in [5, 5.41) is 11.1. The second-order valence-electron chi connectivity index (χ2n) is 7.91. The lowest BCUT2D eigenvalue weighted by molar-refractivity contribution is -0.246. The molecule has 1 atom stereocenters. The van der Waals surface area contributed by atoms with Gasteiger partial charge in [-0.1, -0.05) is 30.8 Å². The van der Waals surface area contributed by atoms with Crippen LogP contribution in [-0.2, 0) is 10.4 Å². The third-order valence-corrected chi connectivity index (χ3v) is 5.84. The number of amides is 1. The number of ether oxygens (including phenoxy) is 1. The molecule has 1 heterocycles. The quantitative estimate of drug-likeness (QED) is 0.509. The second-order valence-corrected chi connectivity index (χ2v) is 7.91. The summed E-state index contributed by atoms with van der Waals surface area (Å²) >= 11 is 0. The predicted molar refractivity (Wildman–Crippen MR) is 120 cm³/mol. The number of fused-ring (bicyclic) bond motifs is 3. The summed E-state index contributed by atoms with van der Waals surface area (Å²) in [5.74, 6) is -0.0193. The van der Waals surface area contributed by atoms with Crippen molar-refractivity contribution in [2.45, 2.75) is 24.6 Å². The molecule has 3 aromatic rings. The first-order valence-corrected chi connectivity index (χ1v) is 10.5. The molecule has 176 valence electrons. The third-order valence-electron chi connectivity index (χ3n) is 5.84. The van der Waals surface area contributed by atoms with Crippen molar-refractivity contribution < 1.29 is 27.8 Å². The number of halogens is 3. The molecule has 0 bridgehead atoms. The van der Waals surface area contributed by atoms with Crippen LogP contribution in [0.1, 0.15) is 24.0 Å². The van der Waals surface area contributed by atoms with Crippen molar-refractivity contribution in [1.82, 2.24) is 14.9 Å². The zero-order chi connectivity index (χ0) is 24.5. The number of aromatic nitrogens is 2. The molecule has 1 aliphatic carbocycles. The average Bonchev–Trinajstić information content (AvgIpc) is 3.11. The monoisotopic (exact) mass is 469 g/mol. The first-order chi connectivity index (χ1) is 16.2. The lowest BCUT2D eigenvalue weighted by Crippen LogP contribution is -2.41. The molecule has 9 heteroatoms. The van der Waals surface area contributed by atoms with Crippen LogP contribution in [-0.4, -0.2) is 45.7 Å². The molecule has 1 aliphatic rings. The van der Waals surface area contributed by atoms with Crippen LogP contribution in [0.4, 0.5) is 13.2 Å². The molecule has 0 spiro atoms. The number of hydrogen-bond acceptors (Lipinski definition) is 5. The molecule has 0 saturated carbocycles. The molecule has 34 heavy (non-hydrogen) atoms. The molecule has 0 radical (unpaired) electrons. The van der Waals surface area contributed by atoms with E-state index in [4.69, 9.17) is 4.74 Å². The van der Waals surface area contributed by atoms with E-state index in [0.29, 0.717) is 17.5 Å². The van der Waals surface area contributed by atoms with Crippen molar-refractivity contribution in [3.63, 3.8) is 0 Å². The van der Waals surface area contributed by atoms with Gasteiger partial charge in [0.2, 0.25) is 11.5 Å². The van der Waals surface area contributed by atoms with E-state index in [2.05, 4.69) is 16.5 Å². The first-order valence-electron chi connectivity index (χ1n) is 10.5. The van der Waals surface area contributed by atoms with Gasteiger partial charge in [0.1, 0.15) is 12.1 Å². The standard InChI is InChI=1S/C25H22F3N3O3/c1-3-31(2)22(32)9-6-10-34-17-11-19(16-13-29-15-30-14-16)23-18-7-4-5-8-20(18)24(33,21(23)12-17)25(26,27)28/h3-5,7-8,11-15,33H,1,6,9-10H2,2H3. The number of aliphatic hydroxyl groups is 1. The minimum Gasteiger partial charge on any atom is -0.494 e. The Kier molecular flexibility index (Phi) is 6.14. The summed E-state index contributed by atoms with van der Waals surface area (Å²) < 4.78 is 48.7. The number of rotatable bonds is 7. The highest BCUT2D eigenvalue weighted by molar-refractivity contribution is 5.93. The van der Waals surface area contributed by atoms with E-state index in [9.17, 15) is 23.1 Å². The molecular weight excluding hydrogens is 447 g/mol. The molecule has 2 aromatic carbocycles. The van der Waals surface area contributed by atoms with Crippen LogP contribution in [0, 0.1) is 0 Å². The van der Waals surface area contributed by atoms with Gasteiger partial charge in [-0.05, 0) is 41.4 Å². The van der Waals surface area contributed by atoms with E-state index in [1.165, 1.54) is 48.0 Å². The smallest absolute Gasteiger partial charge is 0.425 e. The van der Waals surface area contributed by atoms with Gasteiger partial charge >= 0.3 is 6.18 Å². The van der Waals surface area contributed by atoms with E-state index >= 15 is 0 Å². The normalized spacial score (nSPS) is 16.5. The maximum Gasteiger partial charge on any atom is 0.425 e. The molecule has 0 fully saturated rings. The number of carbonyl (C=O) groups excluding carboxylic acids is 1. The van der Waals surface area contributed by atoms with Crippen molar-refractivity contribution >= 4 is 5.91 Å². The number of benzene rings is 2. The van der Waals surface area contributed by atoms with Gasteiger partial charge in [-0.15, -0.1) is 0 Å². The minimum atomic E-state index is -4.97. The Morgan fingerprint density at radius 2 is 1.88 bits per heavy atom. The topological polar surface area (TPSA) is 75.6 Å². The predicted octanol–water partition coefficient (Wildman–Crippen LogP) is 4.68. The van der Waals surface area contributed by atoms with E-state index < -0.39 is 11.8 Å². The van der Waals surface area contributed by atoms with E-state index in [1.807, 2.05) is 0 Å². The Balaban J connectivity index is 1.78. The fraction of sp³-hybridized carbons (Fsp3) is 0.240. The van der Waals surface area contributed by atoms with Crippen LogP contribution < -0.4 is 4.74 Å². The molecule has 1 N–H and O–H groups in total. The molecule has 6 nitrogen and oxygen atoms in total. The second kappa shape index (κ2) is 8.90. The first kappa shape index (κ1) is 23.4. The zero-order valence-corrected chi connectivity index (χ0v) is 18.3. The van der Waals surface area contributed by atoms with Crippen molar-refractivity contribution in [3.05, 3.63) is 79.0 Å². The van der Waals surface area contributed by atoms with Gasteiger partial charge in [0.05, 0.1) is 6.61 Å².